The number of likely N-dealkylation sites (tertiary alicyclic amines) is 1. The zero-order chi connectivity index (χ0) is 25.9. The first-order valence-electron chi connectivity index (χ1n) is 13.7. The number of amides is 2. The number of aromatic amines is 1. The maximum Gasteiger partial charge on any atom is 0.270 e. The van der Waals surface area contributed by atoms with Crippen molar-refractivity contribution < 1.29 is 19.1 Å². The van der Waals surface area contributed by atoms with E-state index in [9.17, 15) is 19.6 Å². The number of rotatable bonds is 7. The van der Waals surface area contributed by atoms with Gasteiger partial charge in [-0.25, -0.2) is 0 Å². The largest absolute Gasteiger partial charge is 0.496 e. The van der Waals surface area contributed by atoms with Crippen LogP contribution in [0.2, 0.25) is 0 Å². The third-order valence-electron chi connectivity index (χ3n) is 8.71. The van der Waals surface area contributed by atoms with Gasteiger partial charge in [0.15, 0.2) is 0 Å². The van der Waals surface area contributed by atoms with Crippen molar-refractivity contribution in [3.63, 3.8) is 0 Å². The van der Waals surface area contributed by atoms with Gasteiger partial charge in [0.25, 0.3) is 5.91 Å². The molecule has 2 unspecified atom stereocenters. The molecule has 8 heteroatoms. The number of nitrogens with one attached hydrogen (secondary N) is 2. The Morgan fingerprint density at radius 1 is 1.19 bits per heavy atom. The van der Waals surface area contributed by atoms with Crippen LogP contribution >= 0.6 is 0 Å². The Bertz CT molecular complexity index is 1210. The van der Waals surface area contributed by atoms with E-state index in [1.165, 1.54) is 12.8 Å². The van der Waals surface area contributed by atoms with Crippen molar-refractivity contribution in [2.75, 3.05) is 13.7 Å². The predicted octanol–water partition coefficient (Wildman–Crippen LogP) is 4.36. The van der Waals surface area contributed by atoms with Crippen molar-refractivity contribution in [2.24, 2.45) is 17.8 Å². The van der Waals surface area contributed by atoms with E-state index in [-0.39, 0.29) is 29.4 Å². The first-order valence-corrected chi connectivity index (χ1v) is 13.7. The number of Topliss-reactive ketones (excluding diaryl/α,β-unsaturated/α-hetero) is 1. The maximum absolute atomic E-state index is 13.8. The fourth-order valence-electron chi connectivity index (χ4n) is 6.69. The van der Waals surface area contributed by atoms with Gasteiger partial charge in [-0.2, -0.15) is 5.26 Å². The Hall–Kier alpha value is -3.34. The minimum atomic E-state index is -0.737. The molecule has 0 spiro atoms. The normalized spacial score (nSPS) is 25.2. The number of fused-ring (bicyclic) bond motifs is 1. The SMILES string of the molecule is COc1cccc2[nH]c(C(=O)N3CC(C4CCCC4)CC3C(=O)N[C@H](C#N)C[C@@H]3CCCCC3=O)cc12. The molecule has 1 aliphatic heterocycles. The number of H-pyrrole nitrogens is 1. The molecule has 0 radical (unpaired) electrons. The predicted molar refractivity (Wildman–Crippen MR) is 139 cm³/mol. The summed E-state index contributed by atoms with van der Waals surface area (Å²) in [7, 11) is 1.60. The van der Waals surface area contributed by atoms with Gasteiger partial charge in [-0.1, -0.05) is 38.2 Å². The summed E-state index contributed by atoms with van der Waals surface area (Å²) in [4.78, 5) is 44.5. The lowest BCUT2D eigenvalue weighted by atomic mass is 9.84. The van der Waals surface area contributed by atoms with Crippen LogP contribution in [0.1, 0.15) is 74.7 Å². The molecular formula is C29H36N4O4. The fraction of sp³-hybridized carbons (Fsp3) is 0.586. The van der Waals surface area contributed by atoms with Gasteiger partial charge in [0.2, 0.25) is 5.91 Å². The highest BCUT2D eigenvalue weighted by Gasteiger charge is 2.44. The summed E-state index contributed by atoms with van der Waals surface area (Å²) in [5, 5.41) is 13.5. The van der Waals surface area contributed by atoms with Gasteiger partial charge in [-0.3, -0.25) is 14.4 Å². The number of carbonyl (C=O) groups excluding carboxylic acids is 3. The molecule has 196 valence electrons. The summed E-state index contributed by atoms with van der Waals surface area (Å²) in [6, 6.07) is 8.23. The van der Waals surface area contributed by atoms with Crippen LogP contribution in [0.5, 0.6) is 5.75 Å². The quantitative estimate of drug-likeness (QED) is 0.582. The second kappa shape index (κ2) is 11.0. The van der Waals surface area contributed by atoms with Crippen LogP contribution in [0.4, 0.5) is 0 Å². The van der Waals surface area contributed by atoms with Gasteiger partial charge in [-0.05, 0) is 55.7 Å². The van der Waals surface area contributed by atoms with Gasteiger partial charge in [0.05, 0.1) is 13.2 Å². The Labute approximate surface area is 217 Å². The Kier molecular flexibility index (Phi) is 7.50. The lowest BCUT2D eigenvalue weighted by Crippen LogP contribution is -2.49. The van der Waals surface area contributed by atoms with Crippen LogP contribution in [0.15, 0.2) is 24.3 Å². The molecule has 4 atom stereocenters. The smallest absolute Gasteiger partial charge is 0.270 e. The number of hydrogen-bond donors (Lipinski definition) is 2. The first kappa shape index (κ1) is 25.3. The van der Waals surface area contributed by atoms with E-state index in [2.05, 4.69) is 16.4 Å². The summed E-state index contributed by atoms with van der Waals surface area (Å²) < 4.78 is 5.45. The highest BCUT2D eigenvalue weighted by Crippen LogP contribution is 2.39. The van der Waals surface area contributed by atoms with Gasteiger partial charge >= 0.3 is 0 Å². The van der Waals surface area contributed by atoms with Gasteiger partial charge < -0.3 is 19.9 Å². The molecule has 2 N–H and O–H groups in total. The summed E-state index contributed by atoms with van der Waals surface area (Å²) in [5.74, 6) is 0.972. The van der Waals surface area contributed by atoms with E-state index in [0.29, 0.717) is 43.2 Å². The van der Waals surface area contributed by atoms with E-state index < -0.39 is 12.1 Å². The molecule has 2 aromatic rings. The van der Waals surface area contributed by atoms with Crippen molar-refractivity contribution in [3.05, 3.63) is 30.0 Å². The van der Waals surface area contributed by atoms with Crippen molar-refractivity contribution in [1.82, 2.24) is 15.2 Å². The zero-order valence-electron chi connectivity index (χ0n) is 21.5. The summed E-state index contributed by atoms with van der Waals surface area (Å²) in [5.41, 5.74) is 1.23. The van der Waals surface area contributed by atoms with Crippen LogP contribution in [0.3, 0.4) is 0 Å². The highest BCUT2D eigenvalue weighted by atomic mass is 16.5. The number of nitriles is 1. The number of nitrogens with zero attached hydrogens (tertiary/aromatic N) is 2. The van der Waals surface area contributed by atoms with Crippen molar-refractivity contribution in [2.45, 2.75) is 76.3 Å². The number of ether oxygens (including phenoxy) is 1. The van der Waals surface area contributed by atoms with E-state index in [1.807, 2.05) is 18.2 Å². The van der Waals surface area contributed by atoms with Crippen LogP contribution in [-0.4, -0.2) is 53.2 Å². The van der Waals surface area contributed by atoms with Gasteiger partial charge in [-0.15, -0.1) is 0 Å². The van der Waals surface area contributed by atoms with Crippen molar-refractivity contribution in [1.29, 1.82) is 5.26 Å². The molecule has 3 aliphatic rings. The van der Waals surface area contributed by atoms with Crippen molar-refractivity contribution >= 4 is 28.5 Å². The Balaban J connectivity index is 1.35. The molecule has 2 heterocycles. The fourth-order valence-corrected chi connectivity index (χ4v) is 6.69. The Morgan fingerprint density at radius 3 is 2.70 bits per heavy atom. The van der Waals surface area contributed by atoms with Crippen LogP contribution < -0.4 is 10.1 Å². The first-order chi connectivity index (χ1) is 18.0. The van der Waals surface area contributed by atoms with Gasteiger partial charge in [0.1, 0.15) is 29.3 Å². The number of methoxy groups -OCH3 is 1. The van der Waals surface area contributed by atoms with Gasteiger partial charge in [0, 0.05) is 29.8 Å². The number of ketones is 1. The van der Waals surface area contributed by atoms with E-state index in [0.717, 1.165) is 43.0 Å². The average Bonchev–Trinajstić information content (AvgIpc) is 3.68. The number of carbonyl (C=O) groups is 3. The second-order valence-electron chi connectivity index (χ2n) is 11.0. The van der Waals surface area contributed by atoms with Crippen LogP contribution in [0, 0.1) is 29.1 Å². The van der Waals surface area contributed by atoms with Crippen LogP contribution in [0.25, 0.3) is 10.9 Å². The van der Waals surface area contributed by atoms with Crippen molar-refractivity contribution in [3.8, 4) is 11.8 Å². The third-order valence-corrected chi connectivity index (χ3v) is 8.71. The molecule has 1 saturated heterocycles. The average molecular weight is 505 g/mol. The maximum atomic E-state index is 13.8. The zero-order valence-corrected chi connectivity index (χ0v) is 21.5. The molecule has 2 aliphatic carbocycles. The molecular weight excluding hydrogens is 468 g/mol. The molecule has 5 rings (SSSR count). The lowest BCUT2D eigenvalue weighted by molar-refractivity contribution is -0.127. The number of hydrogen-bond acceptors (Lipinski definition) is 5. The summed E-state index contributed by atoms with van der Waals surface area (Å²) in [6.45, 7) is 0.534. The van der Waals surface area contributed by atoms with Crippen LogP contribution in [-0.2, 0) is 9.59 Å². The summed E-state index contributed by atoms with van der Waals surface area (Å²) >= 11 is 0. The molecule has 3 fully saturated rings. The molecule has 8 nitrogen and oxygen atoms in total. The lowest BCUT2D eigenvalue weighted by Gasteiger charge is -2.26. The number of benzene rings is 1. The molecule has 2 amide bonds. The van der Waals surface area contributed by atoms with E-state index in [4.69, 9.17) is 4.74 Å². The highest BCUT2D eigenvalue weighted by molar-refractivity contribution is 6.01. The minimum absolute atomic E-state index is 0.174. The molecule has 1 aromatic carbocycles. The van der Waals surface area contributed by atoms with E-state index in [1.54, 1.807) is 18.1 Å². The molecule has 1 aromatic heterocycles. The topological polar surface area (TPSA) is 115 Å². The Morgan fingerprint density at radius 2 is 1.97 bits per heavy atom. The molecule has 37 heavy (non-hydrogen) atoms. The monoisotopic (exact) mass is 504 g/mol. The molecule has 2 saturated carbocycles. The van der Waals surface area contributed by atoms with E-state index >= 15 is 0 Å². The molecule has 0 bridgehead atoms. The standard InChI is InChI=1S/C29H36N4O4/c1-37-27-12-6-10-23-22(27)15-24(32-23)29(36)33-17-20(18-7-2-3-8-18)14-25(33)28(35)31-21(16-30)13-19-9-4-5-11-26(19)34/h6,10,12,15,18-21,25,32H,2-5,7-9,11,13-14,17H2,1H3,(H,31,35)/t19-,20?,21-,25?/m0/s1. The third kappa shape index (κ3) is 5.22. The second-order valence-corrected chi connectivity index (χ2v) is 11.0. The summed E-state index contributed by atoms with van der Waals surface area (Å²) in [6.07, 6.45) is 8.81. The number of aromatic nitrogens is 1. The minimum Gasteiger partial charge on any atom is -0.496 e.